The number of anilines is 1. The molecular weight excluding hydrogens is 375 g/mol. The lowest BCUT2D eigenvalue weighted by Crippen LogP contribution is -2.07. The summed E-state index contributed by atoms with van der Waals surface area (Å²) in [5, 5.41) is 4.81. The SMILES string of the molecule is O=C(C=Cc1c(Cl)cccc1Cl)Nc1nc2ccc(Cl)cc2s1. The monoisotopic (exact) mass is 382 g/mol. The van der Waals surface area contributed by atoms with Gasteiger partial charge in [-0.15, -0.1) is 0 Å². The van der Waals surface area contributed by atoms with Crippen LogP contribution in [-0.2, 0) is 4.79 Å². The van der Waals surface area contributed by atoms with Gasteiger partial charge in [-0.3, -0.25) is 10.1 Å². The summed E-state index contributed by atoms with van der Waals surface area (Å²) in [6.45, 7) is 0. The maximum Gasteiger partial charge on any atom is 0.250 e. The van der Waals surface area contributed by atoms with Gasteiger partial charge in [-0.1, -0.05) is 52.2 Å². The lowest BCUT2D eigenvalue weighted by molar-refractivity contribution is -0.111. The highest BCUT2D eigenvalue weighted by Gasteiger charge is 2.07. The third kappa shape index (κ3) is 3.85. The van der Waals surface area contributed by atoms with Gasteiger partial charge >= 0.3 is 0 Å². The normalized spacial score (nSPS) is 11.3. The predicted octanol–water partition coefficient (Wildman–Crippen LogP) is 5.91. The van der Waals surface area contributed by atoms with Crippen molar-refractivity contribution in [1.82, 2.24) is 4.98 Å². The van der Waals surface area contributed by atoms with Crippen LogP contribution in [0.2, 0.25) is 15.1 Å². The van der Waals surface area contributed by atoms with E-state index in [4.69, 9.17) is 34.8 Å². The Morgan fingerprint density at radius 2 is 1.87 bits per heavy atom. The molecule has 0 saturated heterocycles. The quantitative estimate of drug-likeness (QED) is 0.571. The van der Waals surface area contributed by atoms with Gasteiger partial charge in [-0.25, -0.2) is 4.98 Å². The number of nitrogens with zero attached hydrogens (tertiary/aromatic N) is 1. The summed E-state index contributed by atoms with van der Waals surface area (Å²) < 4.78 is 0.908. The number of carbonyl (C=O) groups excluding carboxylic acids is 1. The van der Waals surface area contributed by atoms with Crippen molar-refractivity contribution >= 4 is 73.5 Å². The molecule has 1 amide bonds. The van der Waals surface area contributed by atoms with Gasteiger partial charge < -0.3 is 0 Å². The van der Waals surface area contributed by atoms with E-state index in [1.807, 2.05) is 12.1 Å². The van der Waals surface area contributed by atoms with Gasteiger partial charge in [0.1, 0.15) is 0 Å². The van der Waals surface area contributed by atoms with E-state index in [1.54, 1.807) is 30.3 Å². The molecule has 7 heteroatoms. The van der Waals surface area contributed by atoms with Crippen LogP contribution in [0.4, 0.5) is 5.13 Å². The zero-order valence-corrected chi connectivity index (χ0v) is 14.6. The molecule has 0 aliphatic rings. The van der Waals surface area contributed by atoms with Gasteiger partial charge in [0.15, 0.2) is 5.13 Å². The van der Waals surface area contributed by atoms with Crippen molar-refractivity contribution < 1.29 is 4.79 Å². The predicted molar refractivity (Wildman–Crippen MR) is 98.8 cm³/mol. The lowest BCUT2D eigenvalue weighted by atomic mass is 10.2. The summed E-state index contributed by atoms with van der Waals surface area (Å²) in [4.78, 5) is 16.3. The average molecular weight is 384 g/mol. The molecule has 0 atom stereocenters. The maximum absolute atomic E-state index is 12.0. The van der Waals surface area contributed by atoms with Crippen LogP contribution in [-0.4, -0.2) is 10.9 Å². The third-order valence-corrected chi connectivity index (χ3v) is 4.81. The summed E-state index contributed by atoms with van der Waals surface area (Å²) in [6.07, 6.45) is 2.94. The fraction of sp³-hybridized carbons (Fsp3) is 0. The molecule has 0 aliphatic carbocycles. The number of hydrogen-bond acceptors (Lipinski definition) is 3. The average Bonchev–Trinajstić information content (AvgIpc) is 2.88. The Morgan fingerprint density at radius 1 is 1.13 bits per heavy atom. The number of benzene rings is 2. The Hall–Kier alpha value is -1.59. The number of fused-ring (bicyclic) bond motifs is 1. The minimum Gasteiger partial charge on any atom is -0.298 e. The fourth-order valence-corrected chi connectivity index (χ4v) is 3.60. The van der Waals surface area contributed by atoms with Crippen LogP contribution in [0.1, 0.15) is 5.56 Å². The van der Waals surface area contributed by atoms with Gasteiger partial charge in [0.25, 0.3) is 0 Å². The van der Waals surface area contributed by atoms with Crippen LogP contribution in [0.3, 0.4) is 0 Å². The number of nitrogens with one attached hydrogen (secondary N) is 1. The van der Waals surface area contributed by atoms with Crippen LogP contribution < -0.4 is 5.32 Å². The van der Waals surface area contributed by atoms with Crippen LogP contribution in [0.15, 0.2) is 42.5 Å². The molecule has 0 saturated carbocycles. The summed E-state index contributed by atoms with van der Waals surface area (Å²) >= 11 is 19.4. The first-order valence-corrected chi connectivity index (χ1v) is 8.47. The molecule has 2 aromatic carbocycles. The molecule has 0 unspecified atom stereocenters. The largest absolute Gasteiger partial charge is 0.298 e. The van der Waals surface area contributed by atoms with E-state index >= 15 is 0 Å². The minimum atomic E-state index is -0.314. The van der Waals surface area contributed by atoms with E-state index in [-0.39, 0.29) is 5.91 Å². The van der Waals surface area contributed by atoms with Crippen molar-refractivity contribution in [3.63, 3.8) is 0 Å². The molecule has 1 N–H and O–H groups in total. The molecular formula is C16H9Cl3N2OS. The van der Waals surface area contributed by atoms with Gasteiger partial charge in [0.05, 0.1) is 10.2 Å². The summed E-state index contributed by atoms with van der Waals surface area (Å²) in [5.41, 5.74) is 1.38. The van der Waals surface area contributed by atoms with E-state index < -0.39 is 0 Å². The number of rotatable bonds is 3. The molecule has 0 spiro atoms. The molecule has 0 fully saturated rings. The molecule has 3 nitrogen and oxygen atoms in total. The van der Waals surface area contributed by atoms with Crippen molar-refractivity contribution in [1.29, 1.82) is 0 Å². The van der Waals surface area contributed by atoms with Gasteiger partial charge in [0.2, 0.25) is 5.91 Å². The Morgan fingerprint density at radius 3 is 2.61 bits per heavy atom. The van der Waals surface area contributed by atoms with Gasteiger partial charge in [0, 0.05) is 26.7 Å². The minimum absolute atomic E-state index is 0.314. The van der Waals surface area contributed by atoms with Crippen LogP contribution in [0.25, 0.3) is 16.3 Å². The Balaban J connectivity index is 1.77. The van der Waals surface area contributed by atoms with Crippen LogP contribution in [0.5, 0.6) is 0 Å². The number of halogens is 3. The third-order valence-electron chi connectivity index (χ3n) is 2.98. The van der Waals surface area contributed by atoms with Crippen molar-refractivity contribution in [2.45, 2.75) is 0 Å². The highest BCUT2D eigenvalue weighted by molar-refractivity contribution is 7.22. The Labute approximate surface area is 151 Å². The van der Waals surface area contributed by atoms with Crippen molar-refractivity contribution in [3.05, 3.63) is 63.1 Å². The van der Waals surface area contributed by atoms with E-state index in [0.717, 1.165) is 10.2 Å². The molecule has 1 aromatic heterocycles. The molecule has 0 aliphatic heterocycles. The second-order valence-electron chi connectivity index (χ2n) is 4.59. The molecule has 0 radical (unpaired) electrons. The van der Waals surface area contributed by atoms with Crippen LogP contribution in [0, 0.1) is 0 Å². The standard InChI is InChI=1S/C16H9Cl3N2OS/c17-9-4-6-13-14(8-9)23-16(20-13)21-15(22)7-5-10-11(18)2-1-3-12(10)19/h1-8H,(H,20,21,22). The van der Waals surface area contributed by atoms with Crippen molar-refractivity contribution in [3.8, 4) is 0 Å². The second kappa shape index (κ2) is 6.89. The van der Waals surface area contributed by atoms with Gasteiger partial charge in [-0.05, 0) is 36.4 Å². The summed E-state index contributed by atoms with van der Waals surface area (Å²) in [5.74, 6) is -0.314. The second-order valence-corrected chi connectivity index (χ2v) is 6.87. The van der Waals surface area contributed by atoms with E-state index in [0.29, 0.717) is 25.8 Å². The van der Waals surface area contributed by atoms with Crippen LogP contribution >= 0.6 is 46.1 Å². The zero-order valence-electron chi connectivity index (χ0n) is 11.5. The smallest absolute Gasteiger partial charge is 0.250 e. The number of aromatic nitrogens is 1. The topological polar surface area (TPSA) is 42.0 Å². The first-order chi connectivity index (χ1) is 11.0. The highest BCUT2D eigenvalue weighted by atomic mass is 35.5. The first kappa shape index (κ1) is 16.3. The van der Waals surface area contributed by atoms with Crippen molar-refractivity contribution in [2.75, 3.05) is 5.32 Å². The summed E-state index contributed by atoms with van der Waals surface area (Å²) in [7, 11) is 0. The van der Waals surface area contributed by atoms with Crippen molar-refractivity contribution in [2.24, 2.45) is 0 Å². The summed E-state index contributed by atoms with van der Waals surface area (Å²) in [6, 6.07) is 10.5. The van der Waals surface area contributed by atoms with E-state index in [9.17, 15) is 4.79 Å². The van der Waals surface area contributed by atoms with E-state index in [2.05, 4.69) is 10.3 Å². The zero-order chi connectivity index (χ0) is 16.4. The molecule has 3 rings (SSSR count). The molecule has 0 bridgehead atoms. The fourth-order valence-electron chi connectivity index (χ4n) is 1.93. The number of thiazole rings is 1. The Bertz CT molecular complexity index is 901. The van der Waals surface area contributed by atoms with Gasteiger partial charge in [-0.2, -0.15) is 0 Å². The number of amides is 1. The molecule has 1 heterocycles. The molecule has 3 aromatic rings. The lowest BCUT2D eigenvalue weighted by Gasteiger charge is -2.00. The highest BCUT2D eigenvalue weighted by Crippen LogP contribution is 2.28. The first-order valence-electron chi connectivity index (χ1n) is 6.52. The molecule has 116 valence electrons. The Kier molecular flexibility index (Phi) is 4.87. The van der Waals surface area contributed by atoms with E-state index in [1.165, 1.54) is 17.4 Å². The maximum atomic E-state index is 12.0. The molecule has 23 heavy (non-hydrogen) atoms. The number of hydrogen-bond donors (Lipinski definition) is 1. The number of carbonyl (C=O) groups is 1.